The lowest BCUT2D eigenvalue weighted by molar-refractivity contribution is 0.547. The van der Waals surface area contributed by atoms with Crippen molar-refractivity contribution in [2.24, 2.45) is 0 Å². The van der Waals surface area contributed by atoms with Gasteiger partial charge in [-0.05, 0) is 49.9 Å². The molecular formula is C17H20ClNO2S. The van der Waals surface area contributed by atoms with Crippen molar-refractivity contribution < 1.29 is 8.42 Å². The molecule has 0 aliphatic rings. The second-order valence-electron chi connectivity index (χ2n) is 5.46. The number of hydrogen-bond acceptors (Lipinski definition) is 2. The Hall–Kier alpha value is -1.36. The van der Waals surface area contributed by atoms with Crippen LogP contribution in [0, 0.1) is 6.92 Å². The Balaban J connectivity index is 2.00. The largest absolute Gasteiger partial charge is 0.240 e. The number of sulfonamides is 1. The van der Waals surface area contributed by atoms with Crippen LogP contribution in [0.25, 0.3) is 0 Å². The van der Waals surface area contributed by atoms with Crippen LogP contribution in [0.4, 0.5) is 0 Å². The molecule has 2 aromatic carbocycles. The summed E-state index contributed by atoms with van der Waals surface area (Å²) in [5.41, 5.74) is 2.06. The van der Waals surface area contributed by atoms with Gasteiger partial charge in [-0.2, -0.15) is 0 Å². The normalized spacial score (nSPS) is 13.0. The summed E-state index contributed by atoms with van der Waals surface area (Å²) in [5, 5.41) is 0.458. The van der Waals surface area contributed by atoms with Crippen LogP contribution in [0.15, 0.2) is 53.4 Å². The third-order valence-corrected chi connectivity index (χ3v) is 5.51. The van der Waals surface area contributed by atoms with Gasteiger partial charge in [-0.15, -0.1) is 0 Å². The lowest BCUT2D eigenvalue weighted by Crippen LogP contribution is -2.33. The number of aryl methyl sites for hydroxylation is 2. The molecule has 1 unspecified atom stereocenters. The van der Waals surface area contributed by atoms with Crippen LogP contribution in [0.2, 0.25) is 5.02 Å². The Labute approximate surface area is 137 Å². The fourth-order valence-electron chi connectivity index (χ4n) is 2.16. The van der Waals surface area contributed by atoms with E-state index in [4.69, 9.17) is 11.6 Å². The van der Waals surface area contributed by atoms with Crippen molar-refractivity contribution in [1.29, 1.82) is 0 Å². The highest BCUT2D eigenvalue weighted by Crippen LogP contribution is 2.20. The molecule has 0 saturated heterocycles. The average Bonchev–Trinajstić information content (AvgIpc) is 2.48. The average molecular weight is 338 g/mol. The molecule has 0 amide bonds. The van der Waals surface area contributed by atoms with Crippen LogP contribution in [-0.4, -0.2) is 14.5 Å². The maximum Gasteiger partial charge on any atom is 0.240 e. The summed E-state index contributed by atoms with van der Waals surface area (Å²) in [6.45, 7) is 3.71. The predicted octanol–water partition coefficient (Wildman–Crippen LogP) is 3.95. The van der Waals surface area contributed by atoms with Crippen LogP contribution in [0.1, 0.15) is 24.5 Å². The molecule has 0 bridgehead atoms. The number of rotatable bonds is 6. The minimum Gasteiger partial charge on any atom is -0.208 e. The summed E-state index contributed by atoms with van der Waals surface area (Å²) in [7, 11) is -3.54. The van der Waals surface area contributed by atoms with Gasteiger partial charge in [-0.3, -0.25) is 0 Å². The standard InChI is InChI=1S/C17H20ClNO2S/c1-13-8-11-16(12-17(13)18)22(20,21)19-14(2)9-10-15-6-4-3-5-7-15/h3-8,11-12,14,19H,9-10H2,1-2H3. The van der Waals surface area contributed by atoms with E-state index in [1.807, 2.05) is 44.2 Å². The molecule has 1 atom stereocenters. The first-order chi connectivity index (χ1) is 10.4. The Morgan fingerprint density at radius 2 is 1.82 bits per heavy atom. The zero-order valence-corrected chi connectivity index (χ0v) is 14.3. The van der Waals surface area contributed by atoms with Crippen molar-refractivity contribution in [3.63, 3.8) is 0 Å². The van der Waals surface area contributed by atoms with E-state index in [0.717, 1.165) is 18.4 Å². The summed E-state index contributed by atoms with van der Waals surface area (Å²) in [5.74, 6) is 0. The van der Waals surface area contributed by atoms with Crippen LogP contribution >= 0.6 is 11.6 Å². The lowest BCUT2D eigenvalue weighted by atomic mass is 10.1. The van der Waals surface area contributed by atoms with Crippen molar-refractivity contribution in [3.8, 4) is 0 Å². The molecule has 0 spiro atoms. The van der Waals surface area contributed by atoms with Crippen molar-refractivity contribution in [1.82, 2.24) is 4.72 Å². The predicted molar refractivity (Wildman–Crippen MR) is 90.7 cm³/mol. The molecule has 0 aromatic heterocycles. The van der Waals surface area contributed by atoms with Gasteiger partial charge in [0.05, 0.1) is 4.90 Å². The fourth-order valence-corrected chi connectivity index (χ4v) is 3.71. The van der Waals surface area contributed by atoms with E-state index in [2.05, 4.69) is 4.72 Å². The van der Waals surface area contributed by atoms with Gasteiger partial charge >= 0.3 is 0 Å². The molecule has 2 aromatic rings. The zero-order chi connectivity index (χ0) is 16.2. The highest BCUT2D eigenvalue weighted by Gasteiger charge is 2.18. The summed E-state index contributed by atoms with van der Waals surface area (Å²) in [6.07, 6.45) is 1.57. The van der Waals surface area contributed by atoms with Crippen LogP contribution in [0.5, 0.6) is 0 Å². The van der Waals surface area contributed by atoms with Crippen molar-refractivity contribution in [2.75, 3.05) is 0 Å². The second-order valence-corrected chi connectivity index (χ2v) is 7.58. The van der Waals surface area contributed by atoms with Crippen molar-refractivity contribution in [3.05, 3.63) is 64.7 Å². The molecule has 2 rings (SSSR count). The molecule has 118 valence electrons. The van der Waals surface area contributed by atoms with Gasteiger partial charge < -0.3 is 0 Å². The molecule has 5 heteroatoms. The number of halogens is 1. The fraction of sp³-hybridized carbons (Fsp3) is 0.294. The molecular weight excluding hydrogens is 318 g/mol. The maximum atomic E-state index is 12.3. The van der Waals surface area contributed by atoms with Crippen LogP contribution in [-0.2, 0) is 16.4 Å². The van der Waals surface area contributed by atoms with Crippen molar-refractivity contribution in [2.45, 2.75) is 37.6 Å². The second kappa shape index (κ2) is 7.27. The minimum atomic E-state index is -3.54. The Morgan fingerprint density at radius 1 is 1.14 bits per heavy atom. The van der Waals surface area contributed by atoms with E-state index in [1.165, 1.54) is 11.6 Å². The number of benzene rings is 2. The van der Waals surface area contributed by atoms with E-state index < -0.39 is 10.0 Å². The number of hydrogen-bond donors (Lipinski definition) is 1. The smallest absolute Gasteiger partial charge is 0.208 e. The van der Waals surface area contributed by atoms with Gasteiger partial charge in [0.15, 0.2) is 0 Å². The van der Waals surface area contributed by atoms with Gasteiger partial charge in [-0.1, -0.05) is 48.0 Å². The summed E-state index contributed by atoms with van der Waals surface area (Å²) < 4.78 is 27.4. The lowest BCUT2D eigenvalue weighted by Gasteiger charge is -2.14. The first-order valence-electron chi connectivity index (χ1n) is 7.21. The van der Waals surface area contributed by atoms with Crippen molar-refractivity contribution >= 4 is 21.6 Å². The molecule has 0 aliphatic heterocycles. The third kappa shape index (κ3) is 4.57. The summed E-state index contributed by atoms with van der Waals surface area (Å²) in [4.78, 5) is 0.203. The van der Waals surface area contributed by atoms with Gasteiger partial charge in [0.25, 0.3) is 0 Å². The van der Waals surface area contributed by atoms with Gasteiger partial charge in [0.1, 0.15) is 0 Å². The Bertz CT molecular complexity index is 730. The Morgan fingerprint density at radius 3 is 2.45 bits per heavy atom. The van der Waals surface area contributed by atoms with Gasteiger partial charge in [-0.25, -0.2) is 13.1 Å². The van der Waals surface area contributed by atoms with Gasteiger partial charge in [0, 0.05) is 11.1 Å². The molecule has 0 radical (unpaired) electrons. The first kappa shape index (κ1) is 17.0. The van der Waals surface area contributed by atoms with E-state index in [1.54, 1.807) is 12.1 Å². The first-order valence-corrected chi connectivity index (χ1v) is 9.07. The maximum absolute atomic E-state index is 12.3. The van der Waals surface area contributed by atoms with Gasteiger partial charge in [0.2, 0.25) is 10.0 Å². The SMILES string of the molecule is Cc1ccc(S(=O)(=O)NC(C)CCc2ccccc2)cc1Cl. The molecule has 0 saturated carbocycles. The molecule has 22 heavy (non-hydrogen) atoms. The quantitative estimate of drug-likeness (QED) is 0.867. The highest BCUT2D eigenvalue weighted by atomic mass is 35.5. The molecule has 0 fully saturated rings. The van der Waals surface area contributed by atoms with E-state index in [-0.39, 0.29) is 10.9 Å². The van der Waals surface area contributed by atoms with E-state index >= 15 is 0 Å². The summed E-state index contributed by atoms with van der Waals surface area (Å²) in [6, 6.07) is 14.7. The van der Waals surface area contributed by atoms with Crippen LogP contribution in [0.3, 0.4) is 0 Å². The molecule has 1 N–H and O–H groups in total. The monoisotopic (exact) mass is 337 g/mol. The van der Waals surface area contributed by atoms with E-state index in [0.29, 0.717) is 5.02 Å². The minimum absolute atomic E-state index is 0.148. The third-order valence-electron chi connectivity index (χ3n) is 3.52. The molecule has 0 heterocycles. The molecule has 3 nitrogen and oxygen atoms in total. The molecule has 0 aliphatic carbocycles. The summed E-state index contributed by atoms with van der Waals surface area (Å²) >= 11 is 6.01. The number of nitrogens with one attached hydrogen (secondary N) is 1. The Kier molecular flexibility index (Phi) is 5.62. The zero-order valence-electron chi connectivity index (χ0n) is 12.7. The van der Waals surface area contributed by atoms with Crippen LogP contribution < -0.4 is 4.72 Å². The van der Waals surface area contributed by atoms with E-state index in [9.17, 15) is 8.42 Å². The topological polar surface area (TPSA) is 46.2 Å². The highest BCUT2D eigenvalue weighted by molar-refractivity contribution is 7.89.